The van der Waals surface area contributed by atoms with Crippen LogP contribution >= 0.6 is 0 Å². The van der Waals surface area contributed by atoms with Crippen molar-refractivity contribution < 1.29 is 48.5 Å². The lowest BCUT2D eigenvalue weighted by molar-refractivity contribution is -0.309. The van der Waals surface area contributed by atoms with Crippen LogP contribution in [0, 0.1) is 0 Å². The second kappa shape index (κ2) is 3.46. The van der Waals surface area contributed by atoms with Crippen molar-refractivity contribution in [3.8, 4) is 0 Å². The van der Waals surface area contributed by atoms with Crippen molar-refractivity contribution >= 4 is 16.2 Å². The van der Waals surface area contributed by atoms with Gasteiger partial charge >= 0.3 is 33.3 Å². The molecule has 0 rings (SSSR count). The number of carbonyl (C=O) groups is 1. The quantitative estimate of drug-likeness (QED) is 0.622. The van der Waals surface area contributed by atoms with Gasteiger partial charge in [0.15, 0.2) is 0 Å². The lowest BCUT2D eigenvalue weighted by Crippen LogP contribution is -2.61. The van der Waals surface area contributed by atoms with Crippen LogP contribution in [0.5, 0.6) is 0 Å². The van der Waals surface area contributed by atoms with Crippen molar-refractivity contribution in [3.63, 3.8) is 0 Å². The van der Waals surface area contributed by atoms with E-state index in [-0.39, 0.29) is 0 Å². The number of carboxylic acid groups (broad SMARTS) is 1. The van der Waals surface area contributed by atoms with E-state index in [2.05, 4.69) is 0 Å². The summed E-state index contributed by atoms with van der Waals surface area (Å²) < 4.78 is 103. The highest BCUT2D eigenvalue weighted by Crippen LogP contribution is 2.48. The first kappa shape index (κ1) is 14.9. The second-order valence-electron chi connectivity index (χ2n) is 2.41. The molecule has 0 saturated carbocycles. The van der Waals surface area contributed by atoms with Crippen LogP contribution in [0.1, 0.15) is 0 Å². The van der Waals surface area contributed by atoms with Crippen molar-refractivity contribution in [1.82, 2.24) is 0 Å². The SMILES string of the molecule is O=C(O)C(F)(C(F)(F)C(F)(F)F)S(=O)(=O)F. The van der Waals surface area contributed by atoms with E-state index in [1.165, 1.54) is 0 Å². The number of aliphatic carboxylic acids is 1. The van der Waals surface area contributed by atoms with Crippen LogP contribution in [0.2, 0.25) is 0 Å². The topological polar surface area (TPSA) is 71.4 Å². The van der Waals surface area contributed by atoms with Gasteiger partial charge < -0.3 is 5.11 Å². The molecule has 96 valence electrons. The molecule has 0 bridgehead atoms. The number of carboxylic acids is 1. The van der Waals surface area contributed by atoms with Gasteiger partial charge in [0.2, 0.25) is 0 Å². The van der Waals surface area contributed by atoms with E-state index in [1.807, 2.05) is 0 Å². The monoisotopic (exact) mass is 278 g/mol. The summed E-state index contributed by atoms with van der Waals surface area (Å²) in [5.41, 5.74) is 0. The molecule has 12 heteroatoms. The molecule has 0 aromatic carbocycles. The third kappa shape index (κ3) is 1.81. The molecule has 0 aromatic heterocycles. The van der Waals surface area contributed by atoms with E-state index in [0.29, 0.717) is 0 Å². The van der Waals surface area contributed by atoms with E-state index in [1.54, 1.807) is 0 Å². The average Bonchev–Trinajstić information content (AvgIpc) is 1.97. The first-order chi connectivity index (χ1) is 6.69. The lowest BCUT2D eigenvalue weighted by Gasteiger charge is -2.27. The highest BCUT2D eigenvalue weighted by atomic mass is 32.3. The predicted molar refractivity (Wildman–Crippen MR) is 32.5 cm³/mol. The Morgan fingerprint density at radius 3 is 1.38 bits per heavy atom. The minimum absolute atomic E-state index is 3.81. The molecule has 0 spiro atoms. The highest BCUT2D eigenvalue weighted by Gasteiger charge is 2.82. The van der Waals surface area contributed by atoms with E-state index in [0.717, 1.165) is 0 Å². The smallest absolute Gasteiger partial charge is 0.458 e. The third-order valence-electron chi connectivity index (χ3n) is 1.37. The largest absolute Gasteiger partial charge is 0.478 e. The zero-order chi connectivity index (χ0) is 13.6. The molecular formula is C4HF7O4S. The zero-order valence-electron chi connectivity index (χ0n) is 6.73. The molecule has 0 radical (unpaired) electrons. The van der Waals surface area contributed by atoms with Crippen LogP contribution in [-0.4, -0.2) is 36.6 Å². The number of alkyl halides is 6. The molecule has 16 heavy (non-hydrogen) atoms. The van der Waals surface area contributed by atoms with Gasteiger partial charge in [-0.25, -0.2) is 9.18 Å². The van der Waals surface area contributed by atoms with Crippen molar-refractivity contribution in [2.24, 2.45) is 0 Å². The van der Waals surface area contributed by atoms with E-state index in [4.69, 9.17) is 5.11 Å². The summed E-state index contributed by atoms with van der Waals surface area (Å²) in [4.78, 5) is 9.79. The Hall–Kier alpha value is -1.07. The fraction of sp³-hybridized carbons (Fsp3) is 0.750. The number of hydrogen-bond acceptors (Lipinski definition) is 3. The van der Waals surface area contributed by atoms with Crippen molar-refractivity contribution in [3.05, 3.63) is 0 Å². The van der Waals surface area contributed by atoms with Crippen LogP contribution in [0.3, 0.4) is 0 Å². The number of rotatable bonds is 3. The molecule has 4 nitrogen and oxygen atoms in total. The third-order valence-corrected chi connectivity index (χ3v) is 2.47. The van der Waals surface area contributed by atoms with E-state index in [9.17, 15) is 43.4 Å². The summed E-state index contributed by atoms with van der Waals surface area (Å²) in [6.45, 7) is 0. The lowest BCUT2D eigenvalue weighted by atomic mass is 10.2. The summed E-state index contributed by atoms with van der Waals surface area (Å²) in [5.74, 6) is -10.7. The van der Waals surface area contributed by atoms with Crippen LogP contribution in [0.4, 0.5) is 30.2 Å². The normalized spacial score (nSPS) is 17.9. The van der Waals surface area contributed by atoms with Crippen LogP contribution in [0.25, 0.3) is 0 Å². The van der Waals surface area contributed by atoms with Crippen molar-refractivity contribution in [2.45, 2.75) is 17.1 Å². The molecule has 0 aromatic rings. The van der Waals surface area contributed by atoms with Gasteiger partial charge in [0, 0.05) is 0 Å². The minimum atomic E-state index is -7.34. The van der Waals surface area contributed by atoms with Gasteiger partial charge in [-0.05, 0) is 0 Å². The fourth-order valence-electron chi connectivity index (χ4n) is 0.574. The maximum Gasteiger partial charge on any atom is 0.458 e. The molecule has 0 fully saturated rings. The van der Waals surface area contributed by atoms with Gasteiger partial charge in [-0.3, -0.25) is 0 Å². The first-order valence-electron chi connectivity index (χ1n) is 3.00. The Labute approximate surface area is 82.9 Å². The molecule has 0 heterocycles. The number of halogens is 7. The van der Waals surface area contributed by atoms with Crippen LogP contribution in [0.15, 0.2) is 0 Å². The summed E-state index contributed by atoms with van der Waals surface area (Å²) in [5, 5.41) is 1.27. The standard InChI is InChI=1S/C4HF7O4S/c5-2(1(12)13,16(11,14)15)3(6,7)4(8,9)10/h(H,12,13). The Kier molecular flexibility index (Phi) is 3.23. The Morgan fingerprint density at radius 2 is 1.31 bits per heavy atom. The molecule has 1 N–H and O–H groups in total. The fourth-order valence-corrected chi connectivity index (χ4v) is 1.20. The second-order valence-corrected chi connectivity index (χ2v) is 3.85. The summed E-state index contributed by atoms with van der Waals surface area (Å²) in [6.07, 6.45) is -6.89. The van der Waals surface area contributed by atoms with Gasteiger partial charge in [0.1, 0.15) is 0 Å². The summed E-state index contributed by atoms with van der Waals surface area (Å²) in [7, 11) is -7.34. The van der Waals surface area contributed by atoms with Gasteiger partial charge in [-0.15, -0.1) is 3.89 Å². The van der Waals surface area contributed by atoms with Gasteiger partial charge in [-0.2, -0.15) is 30.4 Å². The van der Waals surface area contributed by atoms with Gasteiger partial charge in [0.25, 0.3) is 0 Å². The predicted octanol–water partition coefficient (Wildman–Crippen LogP) is 1.23. The highest BCUT2D eigenvalue weighted by molar-refractivity contribution is 7.88. The molecule has 0 aliphatic carbocycles. The van der Waals surface area contributed by atoms with Gasteiger partial charge in [-0.1, -0.05) is 0 Å². The maximum atomic E-state index is 12.7. The van der Waals surface area contributed by atoms with Crippen molar-refractivity contribution in [1.29, 1.82) is 0 Å². The molecule has 1 atom stereocenters. The average molecular weight is 278 g/mol. The Morgan fingerprint density at radius 1 is 1.00 bits per heavy atom. The molecule has 1 unspecified atom stereocenters. The number of hydrogen-bond donors (Lipinski definition) is 1. The molecular weight excluding hydrogens is 277 g/mol. The molecule has 0 amide bonds. The molecule has 0 saturated heterocycles. The molecule has 0 aliphatic heterocycles. The van der Waals surface area contributed by atoms with E-state index >= 15 is 0 Å². The Balaban J connectivity index is 6.07. The van der Waals surface area contributed by atoms with Crippen LogP contribution < -0.4 is 0 Å². The van der Waals surface area contributed by atoms with Gasteiger partial charge in [0.05, 0.1) is 0 Å². The first-order valence-corrected chi connectivity index (χ1v) is 4.39. The zero-order valence-corrected chi connectivity index (χ0v) is 7.54. The van der Waals surface area contributed by atoms with Crippen molar-refractivity contribution in [2.75, 3.05) is 0 Å². The molecule has 0 aliphatic rings. The van der Waals surface area contributed by atoms with Crippen LogP contribution in [-0.2, 0) is 15.0 Å². The Bertz CT molecular complexity index is 397. The maximum absolute atomic E-state index is 12.7. The van der Waals surface area contributed by atoms with E-state index < -0.39 is 33.3 Å². The minimum Gasteiger partial charge on any atom is -0.478 e. The summed E-state index contributed by atoms with van der Waals surface area (Å²) in [6, 6.07) is 0. The summed E-state index contributed by atoms with van der Waals surface area (Å²) >= 11 is 0.